The molecule has 0 heterocycles. The summed E-state index contributed by atoms with van der Waals surface area (Å²) >= 11 is 0. The molecule has 0 aromatic carbocycles. The lowest BCUT2D eigenvalue weighted by atomic mass is 10.0. The van der Waals surface area contributed by atoms with E-state index in [9.17, 15) is 0 Å². The Morgan fingerprint density at radius 2 is 1.42 bits per heavy atom. The highest BCUT2D eigenvalue weighted by Gasteiger charge is 1.94. The second-order valence-electron chi connectivity index (χ2n) is 2.77. The van der Waals surface area contributed by atoms with Crippen molar-refractivity contribution >= 4 is 0 Å². The highest BCUT2D eigenvalue weighted by molar-refractivity contribution is 4.95. The Bertz CT molecular complexity index is 183. The molecule has 0 N–H and O–H groups in total. The molecule has 2 heteroatoms. The molecular formula is C10H14N2. The van der Waals surface area contributed by atoms with Crippen molar-refractivity contribution in [3.8, 4) is 12.1 Å². The first-order valence-electron chi connectivity index (χ1n) is 4.21. The molecule has 0 aliphatic heterocycles. The van der Waals surface area contributed by atoms with Gasteiger partial charge in [-0.3, -0.25) is 0 Å². The van der Waals surface area contributed by atoms with Crippen LogP contribution in [0.25, 0.3) is 0 Å². The fraction of sp³-hybridized carbons (Fsp3) is 0.600. The fourth-order valence-electron chi connectivity index (χ4n) is 0.960. The van der Waals surface area contributed by atoms with E-state index in [1.807, 2.05) is 0 Å². The summed E-state index contributed by atoms with van der Waals surface area (Å²) in [6.45, 7) is 3.88. The minimum Gasteiger partial charge on any atom is -0.198 e. The van der Waals surface area contributed by atoms with E-state index < -0.39 is 0 Å². The quantitative estimate of drug-likeness (QED) is 0.445. The molecule has 0 bridgehead atoms. The molecule has 0 aromatic rings. The van der Waals surface area contributed by atoms with Crippen molar-refractivity contribution in [2.24, 2.45) is 0 Å². The standard InChI is InChI=1S/C10H14N2/c1-10(6-2-4-8-11)7-3-5-9-12/h1-7H2. The van der Waals surface area contributed by atoms with Crippen LogP contribution in [0.2, 0.25) is 0 Å². The van der Waals surface area contributed by atoms with Gasteiger partial charge in [0.15, 0.2) is 0 Å². The number of nitrogens with zero attached hydrogens (tertiary/aromatic N) is 2. The van der Waals surface area contributed by atoms with E-state index in [0.717, 1.165) is 25.7 Å². The molecule has 0 saturated carbocycles. The molecule has 0 aromatic heterocycles. The van der Waals surface area contributed by atoms with Crippen LogP contribution in [0.3, 0.4) is 0 Å². The van der Waals surface area contributed by atoms with E-state index >= 15 is 0 Å². The van der Waals surface area contributed by atoms with Crippen molar-refractivity contribution in [2.45, 2.75) is 38.5 Å². The molecule has 0 amide bonds. The largest absolute Gasteiger partial charge is 0.198 e. The van der Waals surface area contributed by atoms with Gasteiger partial charge in [-0.25, -0.2) is 0 Å². The average molecular weight is 162 g/mol. The zero-order valence-corrected chi connectivity index (χ0v) is 7.34. The van der Waals surface area contributed by atoms with Gasteiger partial charge in [0, 0.05) is 12.8 Å². The van der Waals surface area contributed by atoms with Crippen LogP contribution in [0.15, 0.2) is 12.2 Å². The molecule has 2 nitrogen and oxygen atoms in total. The first kappa shape index (κ1) is 10.7. The topological polar surface area (TPSA) is 47.6 Å². The normalized spacial score (nSPS) is 8.50. The van der Waals surface area contributed by atoms with Gasteiger partial charge < -0.3 is 0 Å². The molecule has 0 atom stereocenters. The Morgan fingerprint density at radius 3 is 1.75 bits per heavy atom. The van der Waals surface area contributed by atoms with Gasteiger partial charge in [-0.1, -0.05) is 12.2 Å². The number of nitriles is 2. The maximum Gasteiger partial charge on any atom is 0.0621 e. The van der Waals surface area contributed by atoms with Gasteiger partial charge in [0.2, 0.25) is 0 Å². The van der Waals surface area contributed by atoms with Gasteiger partial charge in [-0.2, -0.15) is 10.5 Å². The SMILES string of the molecule is C=C(CCCC#N)CCCC#N. The van der Waals surface area contributed by atoms with Crippen LogP contribution in [0.5, 0.6) is 0 Å². The van der Waals surface area contributed by atoms with Gasteiger partial charge in [0.25, 0.3) is 0 Å². The second kappa shape index (κ2) is 7.82. The molecule has 0 aliphatic carbocycles. The molecule has 0 saturated heterocycles. The monoisotopic (exact) mass is 162 g/mol. The first-order valence-corrected chi connectivity index (χ1v) is 4.21. The number of unbranched alkanes of at least 4 members (excludes halogenated alkanes) is 2. The molecular weight excluding hydrogens is 148 g/mol. The van der Waals surface area contributed by atoms with Gasteiger partial charge in [0.1, 0.15) is 0 Å². The van der Waals surface area contributed by atoms with E-state index in [0.29, 0.717) is 12.8 Å². The summed E-state index contributed by atoms with van der Waals surface area (Å²) in [6, 6.07) is 4.19. The maximum atomic E-state index is 8.27. The predicted molar refractivity (Wildman–Crippen MR) is 48.1 cm³/mol. The predicted octanol–water partition coefficient (Wildman–Crippen LogP) is 2.93. The smallest absolute Gasteiger partial charge is 0.0621 e. The summed E-state index contributed by atoms with van der Waals surface area (Å²) in [7, 11) is 0. The van der Waals surface area contributed by atoms with Crippen LogP contribution in [0, 0.1) is 22.7 Å². The third-order valence-corrected chi connectivity index (χ3v) is 1.64. The fourth-order valence-corrected chi connectivity index (χ4v) is 0.960. The number of rotatable bonds is 6. The third-order valence-electron chi connectivity index (χ3n) is 1.64. The number of allylic oxidation sites excluding steroid dienone is 1. The number of hydrogen-bond donors (Lipinski definition) is 0. The van der Waals surface area contributed by atoms with Crippen molar-refractivity contribution in [1.29, 1.82) is 10.5 Å². The van der Waals surface area contributed by atoms with Crippen LogP contribution < -0.4 is 0 Å². The number of hydrogen-bond acceptors (Lipinski definition) is 2. The van der Waals surface area contributed by atoms with Crippen LogP contribution in [-0.4, -0.2) is 0 Å². The first-order chi connectivity index (χ1) is 5.81. The van der Waals surface area contributed by atoms with Crippen molar-refractivity contribution in [1.82, 2.24) is 0 Å². The molecule has 0 radical (unpaired) electrons. The molecule has 12 heavy (non-hydrogen) atoms. The van der Waals surface area contributed by atoms with Crippen LogP contribution in [-0.2, 0) is 0 Å². The van der Waals surface area contributed by atoms with Crippen molar-refractivity contribution in [3.63, 3.8) is 0 Å². The second-order valence-corrected chi connectivity index (χ2v) is 2.77. The van der Waals surface area contributed by atoms with Crippen molar-refractivity contribution < 1.29 is 0 Å². The zero-order valence-electron chi connectivity index (χ0n) is 7.34. The summed E-state index contributed by atoms with van der Waals surface area (Å²) in [5.41, 5.74) is 1.17. The minimum absolute atomic E-state index is 0.608. The lowest BCUT2D eigenvalue weighted by Crippen LogP contribution is -1.82. The molecule has 0 aliphatic rings. The van der Waals surface area contributed by atoms with Crippen molar-refractivity contribution in [3.05, 3.63) is 12.2 Å². The van der Waals surface area contributed by atoms with Gasteiger partial charge in [0.05, 0.1) is 12.1 Å². The summed E-state index contributed by atoms with van der Waals surface area (Å²) < 4.78 is 0. The molecule has 0 fully saturated rings. The minimum atomic E-state index is 0.608. The van der Waals surface area contributed by atoms with Crippen LogP contribution >= 0.6 is 0 Å². The van der Waals surface area contributed by atoms with E-state index in [1.165, 1.54) is 5.57 Å². The zero-order chi connectivity index (χ0) is 9.23. The van der Waals surface area contributed by atoms with Gasteiger partial charge >= 0.3 is 0 Å². The summed E-state index contributed by atoms with van der Waals surface area (Å²) in [4.78, 5) is 0. The van der Waals surface area contributed by atoms with E-state index in [1.54, 1.807) is 0 Å². The van der Waals surface area contributed by atoms with Crippen LogP contribution in [0.4, 0.5) is 0 Å². The molecule has 0 unspecified atom stereocenters. The Kier molecular flexibility index (Phi) is 6.99. The Balaban J connectivity index is 3.24. The van der Waals surface area contributed by atoms with Crippen LogP contribution in [0.1, 0.15) is 38.5 Å². The third kappa shape index (κ3) is 6.83. The molecule has 0 rings (SSSR count). The highest BCUT2D eigenvalue weighted by atomic mass is 14.2. The summed E-state index contributed by atoms with van der Waals surface area (Å²) in [5.74, 6) is 0. The lowest BCUT2D eigenvalue weighted by Gasteiger charge is -2.00. The summed E-state index contributed by atoms with van der Waals surface area (Å²) in [6.07, 6.45) is 4.89. The van der Waals surface area contributed by atoms with Gasteiger partial charge in [-0.05, 0) is 25.7 Å². The van der Waals surface area contributed by atoms with E-state index in [4.69, 9.17) is 10.5 Å². The Hall–Kier alpha value is -1.28. The Labute approximate surface area is 74.1 Å². The van der Waals surface area contributed by atoms with E-state index in [2.05, 4.69) is 18.7 Å². The highest BCUT2D eigenvalue weighted by Crippen LogP contribution is 2.11. The average Bonchev–Trinajstić information content (AvgIpc) is 2.06. The van der Waals surface area contributed by atoms with Gasteiger partial charge in [-0.15, -0.1) is 0 Å². The molecule has 0 spiro atoms. The maximum absolute atomic E-state index is 8.27. The molecule has 64 valence electrons. The lowest BCUT2D eigenvalue weighted by molar-refractivity contribution is 0.756. The van der Waals surface area contributed by atoms with Crippen molar-refractivity contribution in [2.75, 3.05) is 0 Å². The Morgan fingerprint density at radius 1 is 1.00 bits per heavy atom. The van der Waals surface area contributed by atoms with E-state index in [-0.39, 0.29) is 0 Å². The summed E-state index contributed by atoms with van der Waals surface area (Å²) in [5, 5.41) is 16.5.